The number of aromatic nitrogens is 2. The number of fused-ring (bicyclic) bond motifs is 2. The Bertz CT molecular complexity index is 1140. The van der Waals surface area contributed by atoms with Gasteiger partial charge in [-0.05, 0) is 92.9 Å². The highest BCUT2D eigenvalue weighted by Gasteiger charge is 2.25. The lowest BCUT2D eigenvalue weighted by molar-refractivity contribution is 0.446. The van der Waals surface area contributed by atoms with E-state index in [4.69, 9.17) is 16.9 Å². The zero-order valence-electron chi connectivity index (χ0n) is 18.9. The number of hydrogen-bond donors (Lipinski definition) is 1. The molecule has 1 aromatic heterocycles. The maximum atomic E-state index is 6.52. The lowest BCUT2D eigenvalue weighted by Gasteiger charge is -2.35. The minimum absolute atomic E-state index is 0.508. The molecule has 3 aliphatic rings. The summed E-state index contributed by atoms with van der Waals surface area (Å²) in [6.07, 6.45) is 14.8. The van der Waals surface area contributed by atoms with Crippen LogP contribution < -0.4 is 5.32 Å². The molecule has 0 bridgehead atoms. The minimum Gasteiger partial charge on any atom is -0.663 e. The number of nitrogens with zero attached hydrogens (tertiary/aromatic N) is 3. The second kappa shape index (κ2) is 9.13. The summed E-state index contributed by atoms with van der Waals surface area (Å²) >= 11 is 6.52. The first-order valence-electron chi connectivity index (χ1n) is 11.6. The lowest BCUT2D eigenvalue weighted by atomic mass is 9.81. The number of hydrogen-bond acceptors (Lipinski definition) is 2. The highest BCUT2D eigenvalue weighted by Crippen LogP contribution is 2.46. The van der Waals surface area contributed by atoms with Crippen LogP contribution in [0.1, 0.15) is 48.2 Å². The van der Waals surface area contributed by atoms with Gasteiger partial charge in [0.1, 0.15) is 0 Å². The molecular formula is C27H30ClN4-. The fourth-order valence-electron chi connectivity index (χ4n) is 5.11. The minimum atomic E-state index is 0.508. The van der Waals surface area contributed by atoms with Crippen molar-refractivity contribution in [1.82, 2.24) is 14.9 Å². The molecule has 4 nitrogen and oxygen atoms in total. The largest absolute Gasteiger partial charge is 0.663 e. The Kier molecular flexibility index (Phi) is 6.07. The van der Waals surface area contributed by atoms with Crippen molar-refractivity contribution < 1.29 is 0 Å². The molecule has 5 heteroatoms. The highest BCUT2D eigenvalue weighted by atomic mass is 35.5. The van der Waals surface area contributed by atoms with E-state index in [1.54, 1.807) is 0 Å². The first-order valence-corrected chi connectivity index (χ1v) is 12.0. The number of allylic oxidation sites excluding steroid dienone is 5. The Balaban J connectivity index is 1.52. The molecule has 0 saturated carbocycles. The summed E-state index contributed by atoms with van der Waals surface area (Å²) in [5, 5.41) is 9.19. The van der Waals surface area contributed by atoms with E-state index in [0.29, 0.717) is 5.92 Å². The summed E-state index contributed by atoms with van der Waals surface area (Å²) < 4.78 is 2.26. The average molecular weight is 446 g/mol. The van der Waals surface area contributed by atoms with Crippen LogP contribution in [0.3, 0.4) is 0 Å². The van der Waals surface area contributed by atoms with Crippen LogP contribution in [0.25, 0.3) is 16.5 Å². The number of aryl methyl sites for hydroxylation is 2. The molecule has 166 valence electrons. The normalized spacial score (nSPS) is 18.5. The van der Waals surface area contributed by atoms with Crippen molar-refractivity contribution in [3.05, 3.63) is 93.1 Å². The van der Waals surface area contributed by atoms with Crippen LogP contribution >= 0.6 is 11.6 Å². The van der Waals surface area contributed by atoms with E-state index in [9.17, 15) is 0 Å². The number of piperidine rings is 1. The highest BCUT2D eigenvalue weighted by molar-refractivity contribution is 6.30. The van der Waals surface area contributed by atoms with E-state index in [-0.39, 0.29) is 0 Å². The summed E-state index contributed by atoms with van der Waals surface area (Å²) in [5.41, 5.74) is 10.0. The Labute approximate surface area is 195 Å². The maximum Gasteiger partial charge on any atom is 0.0951 e. The van der Waals surface area contributed by atoms with Crippen LogP contribution in [0.2, 0.25) is 5.02 Å². The van der Waals surface area contributed by atoms with Crippen LogP contribution in [0, 0.1) is 19.8 Å². The molecule has 0 atom stereocenters. The van der Waals surface area contributed by atoms with Crippen molar-refractivity contribution in [1.29, 1.82) is 0 Å². The Morgan fingerprint density at radius 3 is 2.81 bits per heavy atom. The Morgan fingerprint density at radius 1 is 1.19 bits per heavy atom. The van der Waals surface area contributed by atoms with Crippen LogP contribution in [0.5, 0.6) is 0 Å². The first kappa shape index (κ1) is 21.3. The van der Waals surface area contributed by atoms with Gasteiger partial charge in [-0.2, -0.15) is 6.20 Å². The SMILES string of the molecule is Cc1ncn(CCCC2=CC3=CC=C[N-]C3=C(C3CCNCC3)c3ccc(Cl)cc32)c1C. The van der Waals surface area contributed by atoms with Gasteiger partial charge in [0.05, 0.1) is 12.0 Å². The monoisotopic (exact) mass is 445 g/mol. The van der Waals surface area contributed by atoms with Crippen LogP contribution in [0.4, 0.5) is 0 Å². The number of rotatable bonds is 5. The number of halogens is 1. The summed E-state index contributed by atoms with van der Waals surface area (Å²) in [6.45, 7) is 7.29. The molecule has 3 heterocycles. The smallest absolute Gasteiger partial charge is 0.0951 e. The molecule has 0 unspecified atom stereocenters. The molecule has 1 N–H and O–H groups in total. The predicted octanol–water partition coefficient (Wildman–Crippen LogP) is 6.57. The van der Waals surface area contributed by atoms with Gasteiger partial charge < -0.3 is 15.2 Å². The van der Waals surface area contributed by atoms with Gasteiger partial charge in [-0.15, -0.1) is 5.70 Å². The molecule has 0 radical (unpaired) electrons. The van der Waals surface area contributed by atoms with Gasteiger partial charge in [-0.3, -0.25) is 0 Å². The molecule has 2 aromatic rings. The molecule has 5 rings (SSSR count). The van der Waals surface area contributed by atoms with E-state index >= 15 is 0 Å². The van der Waals surface area contributed by atoms with E-state index in [1.165, 1.54) is 33.5 Å². The van der Waals surface area contributed by atoms with E-state index in [1.807, 2.05) is 24.7 Å². The molecule has 0 amide bonds. The van der Waals surface area contributed by atoms with Crippen LogP contribution in [-0.4, -0.2) is 22.6 Å². The number of nitrogens with one attached hydrogen (secondary N) is 1. The Morgan fingerprint density at radius 2 is 2.03 bits per heavy atom. The van der Waals surface area contributed by atoms with Gasteiger partial charge >= 0.3 is 0 Å². The number of benzene rings is 1. The number of imidazole rings is 1. The third-order valence-corrected chi connectivity index (χ3v) is 7.21. The van der Waals surface area contributed by atoms with Gasteiger partial charge in [-0.25, -0.2) is 4.98 Å². The third kappa shape index (κ3) is 4.10. The zero-order chi connectivity index (χ0) is 22.1. The summed E-state index contributed by atoms with van der Waals surface area (Å²) in [6, 6.07) is 6.41. The second-order valence-electron chi connectivity index (χ2n) is 8.95. The molecule has 1 saturated heterocycles. The molecule has 1 fully saturated rings. The summed E-state index contributed by atoms with van der Waals surface area (Å²) in [5.74, 6) is 0.508. The van der Waals surface area contributed by atoms with Crippen LogP contribution in [-0.2, 0) is 6.54 Å². The van der Waals surface area contributed by atoms with E-state index in [0.717, 1.165) is 61.7 Å². The standard InChI is InChI=1S/C27H30ClN4/c1-18-19(2)32(17-31-18)14-4-6-21-15-22-5-3-11-30-27(22)26(20-9-12-29-13-10-20)24-8-7-23(28)16-25(21)24/h3,5,7-8,11,15-17,20,29H,4,6,9-10,12-14H2,1-2H3/q-1. The van der Waals surface area contributed by atoms with Crippen molar-refractivity contribution in [2.75, 3.05) is 13.1 Å². The Hall–Kier alpha value is -2.56. The first-order chi connectivity index (χ1) is 15.6. The van der Waals surface area contributed by atoms with Gasteiger partial charge in [-0.1, -0.05) is 41.5 Å². The topological polar surface area (TPSA) is 44.0 Å². The van der Waals surface area contributed by atoms with Crippen molar-refractivity contribution in [3.63, 3.8) is 0 Å². The summed E-state index contributed by atoms with van der Waals surface area (Å²) in [4.78, 5) is 4.45. The van der Waals surface area contributed by atoms with Gasteiger partial charge in [0.25, 0.3) is 0 Å². The third-order valence-electron chi connectivity index (χ3n) is 6.98. The van der Waals surface area contributed by atoms with Crippen molar-refractivity contribution >= 4 is 22.7 Å². The molecule has 32 heavy (non-hydrogen) atoms. The fourth-order valence-corrected chi connectivity index (χ4v) is 5.28. The second-order valence-corrected chi connectivity index (χ2v) is 9.39. The van der Waals surface area contributed by atoms with Crippen LogP contribution in [0.15, 0.2) is 60.2 Å². The van der Waals surface area contributed by atoms with Gasteiger partial charge in [0.15, 0.2) is 0 Å². The lowest BCUT2D eigenvalue weighted by Crippen LogP contribution is -2.28. The fraction of sp³-hybridized carbons (Fsp3) is 0.370. The van der Waals surface area contributed by atoms with Gasteiger partial charge in [0.2, 0.25) is 0 Å². The summed E-state index contributed by atoms with van der Waals surface area (Å²) in [7, 11) is 0. The maximum absolute atomic E-state index is 6.52. The molecular weight excluding hydrogens is 416 g/mol. The molecule has 1 aliphatic carbocycles. The molecule has 0 spiro atoms. The quantitative estimate of drug-likeness (QED) is 0.565. The van der Waals surface area contributed by atoms with E-state index < -0.39 is 0 Å². The van der Waals surface area contributed by atoms with Crippen molar-refractivity contribution in [2.45, 2.75) is 46.1 Å². The van der Waals surface area contributed by atoms with Crippen molar-refractivity contribution in [2.24, 2.45) is 5.92 Å². The van der Waals surface area contributed by atoms with Crippen molar-refractivity contribution in [3.8, 4) is 0 Å². The van der Waals surface area contributed by atoms with E-state index in [2.05, 4.69) is 53.0 Å². The molecule has 1 aromatic carbocycles. The van der Waals surface area contributed by atoms with Gasteiger partial charge in [0, 0.05) is 17.3 Å². The zero-order valence-corrected chi connectivity index (χ0v) is 19.6. The average Bonchev–Trinajstić information content (AvgIpc) is 3.06. The molecule has 2 aliphatic heterocycles. The predicted molar refractivity (Wildman–Crippen MR) is 133 cm³/mol.